The Morgan fingerprint density at radius 3 is 2.46 bits per heavy atom. The van der Waals surface area contributed by atoms with Crippen molar-refractivity contribution in [1.29, 1.82) is 5.26 Å². The predicted molar refractivity (Wildman–Crippen MR) is 105 cm³/mol. The molecule has 4 rings (SSSR count). The van der Waals surface area contributed by atoms with Crippen molar-refractivity contribution in [3.05, 3.63) is 82.0 Å². The Kier molecular flexibility index (Phi) is 4.70. The number of alkyl halides is 3. The van der Waals surface area contributed by atoms with Crippen LogP contribution in [0.25, 0.3) is 22.2 Å². The predicted octanol–water partition coefficient (Wildman–Crippen LogP) is 6.85. The summed E-state index contributed by atoms with van der Waals surface area (Å²) in [6.07, 6.45) is -5.25. The molecule has 1 N–H and O–H groups in total. The van der Waals surface area contributed by atoms with Crippen molar-refractivity contribution in [3.8, 4) is 17.3 Å². The molecule has 0 amide bonds. The molecular formula is C22H15F3N2S. The molecule has 140 valence electrons. The van der Waals surface area contributed by atoms with Crippen molar-refractivity contribution in [3.63, 3.8) is 0 Å². The summed E-state index contributed by atoms with van der Waals surface area (Å²) in [5.74, 6) is -0.822. The number of hydrogen-bond donors (Lipinski definition) is 1. The van der Waals surface area contributed by atoms with Gasteiger partial charge in [0.2, 0.25) is 0 Å². The third-order valence-corrected chi connectivity index (χ3v) is 5.69. The Balaban J connectivity index is 2.00. The molecule has 0 aliphatic heterocycles. The number of halogens is 3. The van der Waals surface area contributed by atoms with Crippen LogP contribution in [-0.2, 0) is 0 Å². The van der Waals surface area contributed by atoms with E-state index >= 15 is 0 Å². The Morgan fingerprint density at radius 2 is 1.82 bits per heavy atom. The van der Waals surface area contributed by atoms with Crippen molar-refractivity contribution < 1.29 is 13.2 Å². The summed E-state index contributed by atoms with van der Waals surface area (Å²) in [4.78, 5) is 3.94. The molecule has 2 nitrogen and oxygen atoms in total. The zero-order chi connectivity index (χ0) is 19.7. The largest absolute Gasteiger partial charge is 0.390 e. The van der Waals surface area contributed by atoms with Crippen LogP contribution in [0.15, 0.2) is 66.0 Å². The number of nitrogens with zero attached hydrogens (tertiary/aromatic N) is 1. The first-order chi connectivity index (χ1) is 13.5. The molecule has 1 atom stereocenters. The van der Waals surface area contributed by atoms with Crippen LogP contribution in [0.3, 0.4) is 0 Å². The fraction of sp³-hybridized carbons (Fsp3) is 0.136. The zero-order valence-corrected chi connectivity index (χ0v) is 15.4. The van der Waals surface area contributed by atoms with Gasteiger partial charge < -0.3 is 4.98 Å². The lowest BCUT2D eigenvalue weighted by molar-refractivity contribution is -0.136. The number of nitrogens with one attached hydrogen (secondary N) is 1. The van der Waals surface area contributed by atoms with Crippen LogP contribution in [0.1, 0.15) is 28.3 Å². The fourth-order valence-electron chi connectivity index (χ4n) is 3.55. The van der Waals surface area contributed by atoms with Crippen LogP contribution < -0.4 is 0 Å². The zero-order valence-electron chi connectivity index (χ0n) is 14.6. The van der Waals surface area contributed by atoms with Crippen LogP contribution in [0.2, 0.25) is 0 Å². The van der Waals surface area contributed by atoms with Crippen molar-refractivity contribution >= 4 is 22.2 Å². The number of nitriles is 1. The summed E-state index contributed by atoms with van der Waals surface area (Å²) in [6.45, 7) is 0. The SMILES string of the molecule is N#Cc1ccc2c([C@H](CC(F)(F)F)c3cccs3)c(-c3ccccc3)[nH]c2c1. The van der Waals surface area contributed by atoms with Gasteiger partial charge in [0.1, 0.15) is 0 Å². The second-order valence-corrected chi connectivity index (χ2v) is 7.52. The summed E-state index contributed by atoms with van der Waals surface area (Å²) in [7, 11) is 0. The number of thiophene rings is 1. The minimum absolute atomic E-state index is 0.461. The lowest BCUT2D eigenvalue weighted by atomic mass is 9.89. The summed E-state index contributed by atoms with van der Waals surface area (Å²) >= 11 is 1.32. The van der Waals surface area contributed by atoms with E-state index in [1.54, 1.807) is 35.7 Å². The van der Waals surface area contributed by atoms with E-state index in [-0.39, 0.29) is 0 Å². The van der Waals surface area contributed by atoms with Crippen LogP contribution in [-0.4, -0.2) is 11.2 Å². The van der Waals surface area contributed by atoms with Gasteiger partial charge >= 0.3 is 6.18 Å². The highest BCUT2D eigenvalue weighted by atomic mass is 32.1. The minimum Gasteiger partial charge on any atom is -0.354 e. The van der Waals surface area contributed by atoms with Gasteiger partial charge in [-0.3, -0.25) is 0 Å². The van der Waals surface area contributed by atoms with E-state index in [0.29, 0.717) is 32.6 Å². The monoisotopic (exact) mass is 396 g/mol. The molecule has 2 aromatic carbocycles. The summed E-state index contributed by atoms with van der Waals surface area (Å²) < 4.78 is 40.5. The van der Waals surface area contributed by atoms with Gasteiger partial charge in [0.15, 0.2) is 0 Å². The maximum atomic E-state index is 13.5. The molecule has 2 aromatic heterocycles. The highest BCUT2D eigenvalue weighted by molar-refractivity contribution is 7.10. The molecule has 0 saturated carbocycles. The standard InChI is InChI=1S/C22H15F3N2S/c23-22(24,25)12-17(19-7-4-10-28-19)20-16-9-8-14(13-26)11-18(16)27-21(20)15-5-2-1-3-6-15/h1-11,17,27H,12H2/t17-/m1/s1. The maximum Gasteiger partial charge on any atom is 0.390 e. The second kappa shape index (κ2) is 7.17. The first-order valence-corrected chi connectivity index (χ1v) is 9.55. The molecule has 4 aromatic rings. The number of H-pyrrole nitrogens is 1. The third kappa shape index (κ3) is 3.54. The average molecular weight is 396 g/mol. The number of fused-ring (bicyclic) bond motifs is 1. The van der Waals surface area contributed by atoms with Gasteiger partial charge in [0, 0.05) is 21.7 Å². The molecule has 0 saturated heterocycles. The van der Waals surface area contributed by atoms with Crippen LogP contribution in [0, 0.1) is 11.3 Å². The lowest BCUT2D eigenvalue weighted by Crippen LogP contribution is -2.14. The smallest absolute Gasteiger partial charge is 0.354 e. The van der Waals surface area contributed by atoms with Crippen molar-refractivity contribution in [2.45, 2.75) is 18.5 Å². The first-order valence-electron chi connectivity index (χ1n) is 8.67. The van der Waals surface area contributed by atoms with Gasteiger partial charge in [-0.2, -0.15) is 18.4 Å². The fourth-order valence-corrected chi connectivity index (χ4v) is 4.39. The van der Waals surface area contributed by atoms with Gasteiger partial charge in [-0.1, -0.05) is 42.5 Å². The number of rotatable bonds is 4. The first kappa shape index (κ1) is 18.3. The van der Waals surface area contributed by atoms with Gasteiger partial charge in [-0.25, -0.2) is 0 Å². The van der Waals surface area contributed by atoms with E-state index in [2.05, 4.69) is 11.1 Å². The molecule has 0 spiro atoms. The highest BCUT2D eigenvalue weighted by Crippen LogP contribution is 2.45. The lowest BCUT2D eigenvalue weighted by Gasteiger charge is -2.19. The Morgan fingerprint density at radius 1 is 1.04 bits per heavy atom. The number of aromatic nitrogens is 1. The molecule has 0 fully saturated rings. The maximum absolute atomic E-state index is 13.5. The van der Waals surface area contributed by atoms with Crippen molar-refractivity contribution in [2.24, 2.45) is 0 Å². The second-order valence-electron chi connectivity index (χ2n) is 6.54. The van der Waals surface area contributed by atoms with E-state index in [0.717, 1.165) is 5.56 Å². The molecule has 28 heavy (non-hydrogen) atoms. The molecule has 0 aliphatic rings. The molecular weight excluding hydrogens is 381 g/mol. The molecule has 0 aliphatic carbocycles. The van der Waals surface area contributed by atoms with Crippen LogP contribution >= 0.6 is 11.3 Å². The summed E-state index contributed by atoms with van der Waals surface area (Å²) in [5, 5.41) is 11.7. The van der Waals surface area contributed by atoms with Gasteiger partial charge in [-0.05, 0) is 34.7 Å². The van der Waals surface area contributed by atoms with Gasteiger partial charge in [-0.15, -0.1) is 11.3 Å². The number of benzene rings is 2. The van der Waals surface area contributed by atoms with E-state index in [1.807, 2.05) is 30.3 Å². The third-order valence-electron chi connectivity index (χ3n) is 4.70. The summed E-state index contributed by atoms with van der Waals surface area (Å²) in [5.41, 5.74) is 3.22. The van der Waals surface area contributed by atoms with Gasteiger partial charge in [0.25, 0.3) is 0 Å². The van der Waals surface area contributed by atoms with E-state index in [1.165, 1.54) is 11.3 Å². The van der Waals surface area contributed by atoms with Gasteiger partial charge in [0.05, 0.1) is 23.7 Å². The van der Waals surface area contributed by atoms with Crippen LogP contribution in [0.4, 0.5) is 13.2 Å². The van der Waals surface area contributed by atoms with E-state index < -0.39 is 18.5 Å². The molecule has 2 heterocycles. The normalized spacial score (nSPS) is 12.8. The number of hydrogen-bond acceptors (Lipinski definition) is 2. The molecule has 0 unspecified atom stereocenters. The molecule has 0 radical (unpaired) electrons. The summed E-state index contributed by atoms with van der Waals surface area (Å²) in [6, 6.07) is 20.0. The Bertz CT molecular complexity index is 1140. The van der Waals surface area contributed by atoms with Crippen LogP contribution in [0.5, 0.6) is 0 Å². The Hall–Kier alpha value is -3.04. The van der Waals surface area contributed by atoms with Crippen molar-refractivity contribution in [2.75, 3.05) is 0 Å². The average Bonchev–Trinajstić information content (AvgIpc) is 3.33. The highest BCUT2D eigenvalue weighted by Gasteiger charge is 2.36. The molecule has 0 bridgehead atoms. The van der Waals surface area contributed by atoms with Crippen molar-refractivity contribution in [1.82, 2.24) is 4.98 Å². The van der Waals surface area contributed by atoms with E-state index in [9.17, 15) is 18.4 Å². The number of aromatic amines is 1. The minimum atomic E-state index is -4.31. The quantitative estimate of drug-likeness (QED) is 0.402. The Labute approximate surface area is 163 Å². The van der Waals surface area contributed by atoms with E-state index in [4.69, 9.17) is 0 Å². The topological polar surface area (TPSA) is 39.6 Å². The molecule has 6 heteroatoms.